The molecule has 18 heavy (non-hydrogen) atoms. The number of urea groups is 1. The van der Waals surface area contributed by atoms with Gasteiger partial charge in [-0.1, -0.05) is 12.8 Å². The largest absolute Gasteiger partial charge is 0.481 e. The normalized spacial score (nSPS) is 25.6. The number of carboxylic acid groups (broad SMARTS) is 1. The van der Waals surface area contributed by atoms with Crippen LogP contribution in [0.4, 0.5) is 4.79 Å². The van der Waals surface area contributed by atoms with Crippen LogP contribution in [-0.2, 0) is 4.79 Å². The second-order valence-corrected chi connectivity index (χ2v) is 6.09. The van der Waals surface area contributed by atoms with Gasteiger partial charge in [0.15, 0.2) is 0 Å². The van der Waals surface area contributed by atoms with Crippen molar-refractivity contribution in [3.05, 3.63) is 0 Å². The number of amides is 2. The fraction of sp³-hybridized carbons (Fsp3) is 0.846. The average molecular weight is 254 g/mol. The molecule has 0 aromatic heterocycles. The molecule has 2 fully saturated rings. The molecule has 1 aliphatic heterocycles. The summed E-state index contributed by atoms with van der Waals surface area (Å²) in [5, 5.41) is 11.9. The number of nitrogens with one attached hydrogen (secondary N) is 1. The Morgan fingerprint density at radius 1 is 1.44 bits per heavy atom. The number of aliphatic carboxylic acids is 1. The molecule has 0 radical (unpaired) electrons. The van der Waals surface area contributed by atoms with Crippen LogP contribution < -0.4 is 5.32 Å². The first kappa shape index (κ1) is 13.2. The molecule has 1 aliphatic carbocycles. The van der Waals surface area contributed by atoms with E-state index >= 15 is 0 Å². The molecule has 1 atom stereocenters. The van der Waals surface area contributed by atoms with Gasteiger partial charge < -0.3 is 15.3 Å². The van der Waals surface area contributed by atoms with Crippen LogP contribution in [0.2, 0.25) is 0 Å². The van der Waals surface area contributed by atoms with Crippen molar-refractivity contribution in [3.8, 4) is 0 Å². The maximum atomic E-state index is 12.0. The van der Waals surface area contributed by atoms with E-state index in [4.69, 9.17) is 5.11 Å². The zero-order chi connectivity index (χ0) is 13.3. The Balaban J connectivity index is 2.01. The highest BCUT2D eigenvalue weighted by Crippen LogP contribution is 2.32. The lowest BCUT2D eigenvalue weighted by Crippen LogP contribution is -2.47. The minimum absolute atomic E-state index is 0.0161. The van der Waals surface area contributed by atoms with Crippen molar-refractivity contribution in [1.29, 1.82) is 0 Å². The molecule has 2 rings (SSSR count). The zero-order valence-corrected chi connectivity index (χ0v) is 11.1. The van der Waals surface area contributed by atoms with Gasteiger partial charge in [-0.25, -0.2) is 4.79 Å². The van der Waals surface area contributed by atoms with Crippen LogP contribution in [0.25, 0.3) is 0 Å². The van der Waals surface area contributed by atoms with Crippen LogP contribution in [0.1, 0.15) is 46.0 Å². The summed E-state index contributed by atoms with van der Waals surface area (Å²) < 4.78 is 0. The van der Waals surface area contributed by atoms with Crippen molar-refractivity contribution in [3.63, 3.8) is 0 Å². The van der Waals surface area contributed by atoms with E-state index in [-0.39, 0.29) is 18.5 Å². The SMILES string of the molecule is CC(C)(CC(=O)O)N1CC(C2CCCC2)NC1=O. The van der Waals surface area contributed by atoms with Gasteiger partial charge in [0, 0.05) is 12.1 Å². The van der Waals surface area contributed by atoms with Crippen LogP contribution in [0.15, 0.2) is 0 Å². The van der Waals surface area contributed by atoms with Crippen LogP contribution in [0, 0.1) is 5.92 Å². The smallest absolute Gasteiger partial charge is 0.318 e. The molecule has 0 bridgehead atoms. The van der Waals surface area contributed by atoms with Crippen molar-refractivity contribution in [1.82, 2.24) is 10.2 Å². The molecule has 1 saturated heterocycles. The maximum absolute atomic E-state index is 12.0. The van der Waals surface area contributed by atoms with E-state index in [1.54, 1.807) is 4.90 Å². The highest BCUT2D eigenvalue weighted by atomic mass is 16.4. The first-order valence-corrected chi connectivity index (χ1v) is 6.70. The first-order valence-electron chi connectivity index (χ1n) is 6.70. The maximum Gasteiger partial charge on any atom is 0.318 e. The average Bonchev–Trinajstić information content (AvgIpc) is 2.82. The van der Waals surface area contributed by atoms with Crippen LogP contribution in [0.3, 0.4) is 0 Å². The highest BCUT2D eigenvalue weighted by Gasteiger charge is 2.42. The lowest BCUT2D eigenvalue weighted by atomic mass is 9.95. The first-order chi connectivity index (χ1) is 8.40. The van der Waals surface area contributed by atoms with Crippen molar-refractivity contribution in [2.75, 3.05) is 6.54 Å². The van der Waals surface area contributed by atoms with E-state index in [2.05, 4.69) is 5.32 Å². The molecule has 2 N–H and O–H groups in total. The molecular weight excluding hydrogens is 232 g/mol. The summed E-state index contributed by atoms with van der Waals surface area (Å²) in [6.07, 6.45) is 4.83. The Hall–Kier alpha value is -1.26. The molecular formula is C13H22N2O3. The van der Waals surface area contributed by atoms with Crippen molar-refractivity contribution >= 4 is 12.0 Å². The molecule has 1 saturated carbocycles. The Labute approximate surface area is 108 Å². The monoisotopic (exact) mass is 254 g/mol. The molecule has 0 spiro atoms. The molecule has 1 unspecified atom stereocenters. The summed E-state index contributed by atoms with van der Waals surface area (Å²) in [6, 6.07) is 0.0891. The predicted octanol–water partition coefficient (Wildman–Crippen LogP) is 1.82. The van der Waals surface area contributed by atoms with E-state index in [9.17, 15) is 9.59 Å². The Morgan fingerprint density at radius 2 is 2.06 bits per heavy atom. The lowest BCUT2D eigenvalue weighted by Gasteiger charge is -2.33. The summed E-state index contributed by atoms with van der Waals surface area (Å²) in [6.45, 7) is 4.28. The summed E-state index contributed by atoms with van der Waals surface area (Å²) in [7, 11) is 0. The number of carbonyl (C=O) groups is 2. The van der Waals surface area contributed by atoms with Gasteiger partial charge in [-0.2, -0.15) is 0 Å². The summed E-state index contributed by atoms with van der Waals surface area (Å²) in [4.78, 5) is 24.5. The number of nitrogens with zero attached hydrogens (tertiary/aromatic N) is 1. The van der Waals surface area contributed by atoms with Crippen molar-refractivity contribution < 1.29 is 14.7 Å². The Kier molecular flexibility index (Phi) is 3.50. The number of carboxylic acids is 1. The van der Waals surface area contributed by atoms with E-state index in [0.29, 0.717) is 12.5 Å². The molecule has 2 amide bonds. The van der Waals surface area contributed by atoms with Gasteiger partial charge >= 0.3 is 12.0 Å². The zero-order valence-electron chi connectivity index (χ0n) is 11.1. The minimum atomic E-state index is -0.864. The van der Waals surface area contributed by atoms with Gasteiger partial charge in [0.05, 0.1) is 12.5 Å². The third-order valence-corrected chi connectivity index (χ3v) is 4.22. The van der Waals surface area contributed by atoms with Gasteiger partial charge in [0.1, 0.15) is 0 Å². The predicted molar refractivity (Wildman–Crippen MR) is 67.3 cm³/mol. The second-order valence-electron chi connectivity index (χ2n) is 6.09. The Morgan fingerprint density at radius 3 is 2.61 bits per heavy atom. The fourth-order valence-corrected chi connectivity index (χ4v) is 3.18. The van der Waals surface area contributed by atoms with Gasteiger partial charge in [0.2, 0.25) is 0 Å². The summed E-state index contributed by atoms with van der Waals surface area (Å²) in [5.41, 5.74) is -0.622. The third kappa shape index (κ3) is 2.60. The van der Waals surface area contributed by atoms with E-state index in [0.717, 1.165) is 0 Å². The number of carbonyl (C=O) groups excluding carboxylic acids is 1. The van der Waals surface area contributed by atoms with Crippen LogP contribution >= 0.6 is 0 Å². The molecule has 0 aromatic rings. The van der Waals surface area contributed by atoms with Gasteiger partial charge in [-0.3, -0.25) is 4.79 Å². The standard InChI is InChI=1S/C13H22N2O3/c1-13(2,7-11(16)17)15-8-10(14-12(15)18)9-5-3-4-6-9/h9-10H,3-8H2,1-2H3,(H,14,18)(H,16,17). The molecule has 1 heterocycles. The van der Waals surface area contributed by atoms with Crippen molar-refractivity contribution in [2.24, 2.45) is 5.92 Å². The molecule has 2 aliphatic rings. The van der Waals surface area contributed by atoms with Gasteiger partial charge in [-0.05, 0) is 32.6 Å². The highest BCUT2D eigenvalue weighted by molar-refractivity contribution is 5.79. The molecule has 5 heteroatoms. The van der Waals surface area contributed by atoms with E-state index < -0.39 is 11.5 Å². The van der Waals surface area contributed by atoms with Crippen LogP contribution in [-0.4, -0.2) is 40.1 Å². The number of rotatable bonds is 4. The summed E-state index contributed by atoms with van der Waals surface area (Å²) >= 11 is 0. The summed E-state index contributed by atoms with van der Waals surface area (Å²) in [5.74, 6) is -0.295. The Bertz CT molecular complexity index is 348. The molecule has 0 aromatic carbocycles. The van der Waals surface area contributed by atoms with Crippen LogP contribution in [0.5, 0.6) is 0 Å². The fourth-order valence-electron chi connectivity index (χ4n) is 3.18. The topological polar surface area (TPSA) is 69.6 Å². The lowest BCUT2D eigenvalue weighted by molar-refractivity contribution is -0.139. The van der Waals surface area contributed by atoms with E-state index in [1.165, 1.54) is 25.7 Å². The number of hydrogen-bond acceptors (Lipinski definition) is 2. The second kappa shape index (κ2) is 4.78. The minimum Gasteiger partial charge on any atom is -0.481 e. The van der Waals surface area contributed by atoms with E-state index in [1.807, 2.05) is 13.8 Å². The third-order valence-electron chi connectivity index (χ3n) is 4.22. The quantitative estimate of drug-likeness (QED) is 0.804. The van der Waals surface area contributed by atoms with Gasteiger partial charge in [0.25, 0.3) is 0 Å². The molecule has 102 valence electrons. The van der Waals surface area contributed by atoms with Gasteiger partial charge in [-0.15, -0.1) is 0 Å². The number of hydrogen-bond donors (Lipinski definition) is 2. The van der Waals surface area contributed by atoms with Crippen molar-refractivity contribution in [2.45, 2.75) is 57.5 Å². The molecule has 5 nitrogen and oxygen atoms in total.